The van der Waals surface area contributed by atoms with E-state index in [0.29, 0.717) is 22.6 Å². The molecule has 0 saturated heterocycles. The molecular formula is C20H26N2O4S. The van der Waals surface area contributed by atoms with E-state index in [0.717, 1.165) is 6.42 Å². The standard InChI is InChI=1S/C20H26N2O4S/c1-6-15(3)21-20(23)16-7-12-19(14(2)13-16)22(4)27(24,25)18-10-8-17(26-5)9-11-18/h7-13,15H,6H2,1-5H3,(H,21,23). The van der Waals surface area contributed by atoms with Crippen molar-refractivity contribution in [1.82, 2.24) is 5.32 Å². The lowest BCUT2D eigenvalue weighted by molar-refractivity contribution is 0.0939. The van der Waals surface area contributed by atoms with E-state index in [2.05, 4.69) is 5.32 Å². The summed E-state index contributed by atoms with van der Waals surface area (Å²) in [6.07, 6.45) is 0.839. The van der Waals surface area contributed by atoms with E-state index in [1.54, 1.807) is 37.3 Å². The fraction of sp³-hybridized carbons (Fsp3) is 0.350. The molecule has 0 saturated carbocycles. The number of ether oxygens (including phenoxy) is 1. The van der Waals surface area contributed by atoms with Gasteiger partial charge in [-0.3, -0.25) is 9.10 Å². The fourth-order valence-corrected chi connectivity index (χ4v) is 3.85. The molecule has 0 fully saturated rings. The van der Waals surface area contributed by atoms with Crippen molar-refractivity contribution >= 4 is 21.6 Å². The summed E-state index contributed by atoms with van der Waals surface area (Å²) >= 11 is 0. The predicted octanol–water partition coefficient (Wildman–Crippen LogP) is 3.36. The molecule has 2 aromatic rings. The molecule has 6 nitrogen and oxygen atoms in total. The summed E-state index contributed by atoms with van der Waals surface area (Å²) in [5.41, 5.74) is 1.73. The van der Waals surface area contributed by atoms with Gasteiger partial charge in [0.1, 0.15) is 5.75 Å². The number of amides is 1. The summed E-state index contributed by atoms with van der Waals surface area (Å²) in [4.78, 5) is 12.4. The maximum Gasteiger partial charge on any atom is 0.264 e. The number of carbonyl (C=O) groups is 1. The van der Waals surface area contributed by atoms with Gasteiger partial charge in [0.05, 0.1) is 17.7 Å². The monoisotopic (exact) mass is 390 g/mol. The van der Waals surface area contributed by atoms with Crippen molar-refractivity contribution in [3.05, 3.63) is 53.6 Å². The number of benzene rings is 2. The zero-order valence-corrected chi connectivity index (χ0v) is 17.1. The van der Waals surface area contributed by atoms with Crippen LogP contribution in [0.5, 0.6) is 5.75 Å². The van der Waals surface area contributed by atoms with Gasteiger partial charge in [-0.15, -0.1) is 0 Å². The van der Waals surface area contributed by atoms with E-state index >= 15 is 0 Å². The summed E-state index contributed by atoms with van der Waals surface area (Å²) in [6, 6.07) is 11.3. The Hall–Kier alpha value is -2.54. The van der Waals surface area contributed by atoms with Gasteiger partial charge in [0.25, 0.3) is 15.9 Å². The second-order valence-corrected chi connectivity index (χ2v) is 8.40. The van der Waals surface area contributed by atoms with Crippen LogP contribution in [0.2, 0.25) is 0 Å². The molecule has 1 amide bonds. The lowest BCUT2D eigenvalue weighted by Crippen LogP contribution is -2.32. The van der Waals surface area contributed by atoms with Crippen LogP contribution in [-0.4, -0.2) is 34.5 Å². The summed E-state index contributed by atoms with van der Waals surface area (Å²) in [7, 11) is -0.692. The minimum atomic E-state index is -3.72. The Morgan fingerprint density at radius 3 is 2.33 bits per heavy atom. The van der Waals surface area contributed by atoms with Crippen molar-refractivity contribution in [2.24, 2.45) is 0 Å². The Kier molecular flexibility index (Phi) is 6.49. The zero-order chi connectivity index (χ0) is 20.2. The predicted molar refractivity (Wildman–Crippen MR) is 107 cm³/mol. The van der Waals surface area contributed by atoms with Crippen LogP contribution in [0.15, 0.2) is 47.4 Å². The number of nitrogens with one attached hydrogen (secondary N) is 1. The first kappa shape index (κ1) is 20.8. The molecule has 0 bridgehead atoms. The van der Waals surface area contributed by atoms with Crippen molar-refractivity contribution in [1.29, 1.82) is 0 Å². The van der Waals surface area contributed by atoms with Crippen LogP contribution in [0.25, 0.3) is 0 Å². The van der Waals surface area contributed by atoms with Crippen LogP contribution in [0.1, 0.15) is 36.2 Å². The van der Waals surface area contributed by atoms with E-state index in [9.17, 15) is 13.2 Å². The molecule has 1 atom stereocenters. The Morgan fingerprint density at radius 1 is 1.19 bits per heavy atom. The maximum atomic E-state index is 12.9. The van der Waals surface area contributed by atoms with Crippen molar-refractivity contribution < 1.29 is 17.9 Å². The summed E-state index contributed by atoms with van der Waals surface area (Å²) < 4.78 is 32.1. The molecule has 0 aliphatic rings. The van der Waals surface area contributed by atoms with Gasteiger partial charge in [-0.25, -0.2) is 8.42 Å². The average Bonchev–Trinajstić information content (AvgIpc) is 2.67. The van der Waals surface area contributed by atoms with E-state index in [1.165, 1.54) is 30.6 Å². The van der Waals surface area contributed by atoms with Gasteiger partial charge in [-0.2, -0.15) is 0 Å². The highest BCUT2D eigenvalue weighted by atomic mass is 32.2. The number of hydrogen-bond donors (Lipinski definition) is 1. The zero-order valence-electron chi connectivity index (χ0n) is 16.3. The number of sulfonamides is 1. The first-order valence-electron chi connectivity index (χ1n) is 8.75. The summed E-state index contributed by atoms with van der Waals surface area (Å²) in [5, 5.41) is 2.91. The Labute approximate surface area is 161 Å². The topological polar surface area (TPSA) is 75.7 Å². The number of methoxy groups -OCH3 is 1. The first-order valence-corrected chi connectivity index (χ1v) is 10.2. The van der Waals surface area contributed by atoms with E-state index in [1.807, 2.05) is 13.8 Å². The van der Waals surface area contributed by atoms with Gasteiger partial charge in [0, 0.05) is 18.7 Å². The SMILES string of the molecule is CCC(C)NC(=O)c1ccc(N(C)S(=O)(=O)c2ccc(OC)cc2)c(C)c1. The summed E-state index contributed by atoms with van der Waals surface area (Å²) in [6.45, 7) is 5.72. The van der Waals surface area contributed by atoms with Crippen LogP contribution in [0.3, 0.4) is 0 Å². The summed E-state index contributed by atoms with van der Waals surface area (Å²) in [5.74, 6) is 0.420. The molecule has 27 heavy (non-hydrogen) atoms. The number of nitrogens with zero attached hydrogens (tertiary/aromatic N) is 1. The number of carbonyl (C=O) groups excluding carboxylic acids is 1. The van der Waals surface area contributed by atoms with E-state index in [4.69, 9.17) is 4.74 Å². The molecule has 1 N–H and O–H groups in total. The minimum absolute atomic E-state index is 0.0793. The quantitative estimate of drug-likeness (QED) is 0.787. The van der Waals surface area contributed by atoms with Crippen molar-refractivity contribution in [2.45, 2.75) is 38.1 Å². The van der Waals surface area contributed by atoms with Crippen molar-refractivity contribution in [3.63, 3.8) is 0 Å². The molecule has 0 radical (unpaired) electrons. The smallest absolute Gasteiger partial charge is 0.264 e. The van der Waals surface area contributed by atoms with Crippen LogP contribution >= 0.6 is 0 Å². The highest BCUT2D eigenvalue weighted by molar-refractivity contribution is 7.92. The minimum Gasteiger partial charge on any atom is -0.497 e. The molecule has 0 aromatic heterocycles. The molecule has 0 aliphatic carbocycles. The number of aryl methyl sites for hydroxylation is 1. The maximum absolute atomic E-state index is 12.9. The lowest BCUT2D eigenvalue weighted by atomic mass is 10.1. The number of rotatable bonds is 7. The second kappa shape index (κ2) is 8.43. The average molecular weight is 391 g/mol. The van der Waals surface area contributed by atoms with Crippen LogP contribution in [0, 0.1) is 6.92 Å². The van der Waals surface area contributed by atoms with Gasteiger partial charge in [-0.05, 0) is 68.3 Å². The normalized spacial score (nSPS) is 12.3. The molecule has 2 rings (SSSR count). The first-order chi connectivity index (χ1) is 12.7. The molecule has 1 unspecified atom stereocenters. The Balaban J connectivity index is 2.29. The Morgan fingerprint density at radius 2 is 1.81 bits per heavy atom. The molecule has 146 valence electrons. The van der Waals surface area contributed by atoms with Gasteiger partial charge < -0.3 is 10.1 Å². The second-order valence-electron chi connectivity index (χ2n) is 6.43. The van der Waals surface area contributed by atoms with Gasteiger partial charge in [0.15, 0.2) is 0 Å². The van der Waals surface area contributed by atoms with Gasteiger partial charge in [0.2, 0.25) is 0 Å². The molecule has 0 heterocycles. The number of anilines is 1. The molecule has 0 aliphatic heterocycles. The Bertz CT molecular complexity index is 908. The third kappa shape index (κ3) is 4.60. The lowest BCUT2D eigenvalue weighted by Gasteiger charge is -2.22. The van der Waals surface area contributed by atoms with Gasteiger partial charge in [-0.1, -0.05) is 6.92 Å². The molecule has 2 aromatic carbocycles. The van der Waals surface area contributed by atoms with Crippen molar-refractivity contribution in [3.8, 4) is 5.75 Å². The fourth-order valence-electron chi connectivity index (χ4n) is 2.59. The van der Waals surface area contributed by atoms with Gasteiger partial charge >= 0.3 is 0 Å². The molecular weight excluding hydrogens is 364 g/mol. The molecule has 0 spiro atoms. The van der Waals surface area contributed by atoms with Crippen molar-refractivity contribution in [2.75, 3.05) is 18.5 Å². The van der Waals surface area contributed by atoms with Crippen LogP contribution in [-0.2, 0) is 10.0 Å². The molecule has 7 heteroatoms. The largest absolute Gasteiger partial charge is 0.497 e. The van der Waals surface area contributed by atoms with E-state index in [-0.39, 0.29) is 16.8 Å². The third-order valence-electron chi connectivity index (χ3n) is 4.51. The third-order valence-corrected chi connectivity index (χ3v) is 6.29. The highest BCUT2D eigenvalue weighted by Gasteiger charge is 2.23. The van der Waals surface area contributed by atoms with Crippen LogP contribution < -0.4 is 14.4 Å². The van der Waals surface area contributed by atoms with E-state index < -0.39 is 10.0 Å². The highest BCUT2D eigenvalue weighted by Crippen LogP contribution is 2.27. The van der Waals surface area contributed by atoms with Crippen LogP contribution in [0.4, 0.5) is 5.69 Å². The number of hydrogen-bond acceptors (Lipinski definition) is 4.